The fraction of sp³-hybridized carbons (Fsp3) is 0.343. The molecule has 0 radical (unpaired) electrons. The third kappa shape index (κ3) is 3.95. The summed E-state index contributed by atoms with van der Waals surface area (Å²) in [5, 5.41) is 5.82. The molecule has 0 bridgehead atoms. The van der Waals surface area contributed by atoms with Gasteiger partial charge in [0.1, 0.15) is 6.33 Å². The molecule has 3 nitrogen and oxygen atoms in total. The molecule has 1 heterocycles. The van der Waals surface area contributed by atoms with Crippen molar-refractivity contribution in [2.75, 3.05) is 0 Å². The summed E-state index contributed by atoms with van der Waals surface area (Å²) in [5.41, 5.74) is 5.35. The zero-order valence-electron chi connectivity index (χ0n) is 23.1. The van der Waals surface area contributed by atoms with Crippen LogP contribution in [0.4, 0.5) is 0 Å². The topological polar surface area (TPSA) is 30.1 Å². The number of fused-ring (bicyclic) bond motifs is 4. The lowest BCUT2D eigenvalue weighted by atomic mass is 9.66. The van der Waals surface area contributed by atoms with Crippen molar-refractivity contribution in [3.63, 3.8) is 0 Å². The van der Waals surface area contributed by atoms with Gasteiger partial charge in [0.2, 0.25) is 0 Å². The highest BCUT2D eigenvalue weighted by molar-refractivity contribution is 6.10. The fourth-order valence-electron chi connectivity index (χ4n) is 6.37. The zero-order valence-corrected chi connectivity index (χ0v) is 23.1. The van der Waals surface area contributed by atoms with Crippen LogP contribution in [-0.2, 0) is 11.0 Å². The highest BCUT2D eigenvalue weighted by atomic mass is 14.8. The second-order valence-corrected chi connectivity index (χ2v) is 12.9. The van der Waals surface area contributed by atoms with Crippen molar-refractivity contribution in [3.8, 4) is 11.3 Å². The minimum absolute atomic E-state index is 0.00266. The van der Waals surface area contributed by atoms with E-state index in [1.165, 1.54) is 16.3 Å². The van der Waals surface area contributed by atoms with Gasteiger partial charge in [-0.2, -0.15) is 0 Å². The Bertz CT molecular complexity index is 1740. The van der Waals surface area contributed by atoms with Crippen molar-refractivity contribution in [3.05, 3.63) is 95.6 Å². The average Bonchev–Trinajstić information content (AvgIpc) is 2.91. The largest absolute Gasteiger partial charge is 0.305 e. The van der Waals surface area contributed by atoms with Crippen molar-refractivity contribution in [1.82, 2.24) is 9.97 Å². The maximum atomic E-state index is 8.23. The molecule has 0 N–H and O–H groups in total. The van der Waals surface area contributed by atoms with Gasteiger partial charge in [-0.1, -0.05) is 83.1 Å². The molecule has 4 aromatic carbocycles. The van der Waals surface area contributed by atoms with Crippen LogP contribution >= 0.6 is 0 Å². The predicted molar refractivity (Wildman–Crippen MR) is 159 cm³/mol. The van der Waals surface area contributed by atoms with Crippen LogP contribution in [0.25, 0.3) is 48.6 Å². The molecular formula is C35H35N3. The van der Waals surface area contributed by atoms with E-state index in [0.29, 0.717) is 5.41 Å². The lowest BCUT2D eigenvalue weighted by Gasteiger charge is -2.36. The van der Waals surface area contributed by atoms with Crippen LogP contribution in [0.2, 0.25) is 0 Å². The van der Waals surface area contributed by atoms with Gasteiger partial charge in [0.25, 0.3) is 5.54 Å². The van der Waals surface area contributed by atoms with Crippen LogP contribution in [-0.4, -0.2) is 9.97 Å². The molecule has 1 fully saturated rings. The molecule has 1 aromatic heterocycles. The highest BCUT2D eigenvalue weighted by Crippen LogP contribution is 2.49. The van der Waals surface area contributed by atoms with Crippen LogP contribution in [0, 0.1) is 12.0 Å². The molecule has 0 spiro atoms. The number of nitrogens with zero attached hydrogens (tertiary/aromatic N) is 3. The van der Waals surface area contributed by atoms with E-state index in [0.717, 1.165) is 64.2 Å². The number of benzene rings is 4. The first-order valence-corrected chi connectivity index (χ1v) is 13.7. The zero-order chi connectivity index (χ0) is 26.7. The number of hydrogen-bond donors (Lipinski definition) is 0. The summed E-state index contributed by atoms with van der Waals surface area (Å²) in [4.78, 5) is 13.9. The molecular weight excluding hydrogens is 462 g/mol. The van der Waals surface area contributed by atoms with Gasteiger partial charge in [0.15, 0.2) is 0 Å². The molecule has 0 atom stereocenters. The maximum Gasteiger partial charge on any atom is 0.258 e. The van der Waals surface area contributed by atoms with Crippen molar-refractivity contribution in [1.29, 1.82) is 0 Å². The Morgan fingerprint density at radius 1 is 0.763 bits per heavy atom. The molecule has 3 heteroatoms. The molecule has 0 saturated heterocycles. The lowest BCUT2D eigenvalue weighted by molar-refractivity contribution is 0.189. The monoisotopic (exact) mass is 497 g/mol. The lowest BCUT2D eigenvalue weighted by Crippen LogP contribution is -2.32. The molecule has 1 aliphatic carbocycles. The number of rotatable bonds is 2. The standard InChI is InChI=1S/C35H35N3/c1-33(2,3)30-21-24(20-23-10-7-8-11-25(23)30)31-28-15-14-26-27(32(28)38-22-37-31)12-9-13-29(26)35(36-6)18-16-34(4,5)17-19-35/h7-15,20-22H,16-19H2,1-5H3. The first-order chi connectivity index (χ1) is 18.1. The van der Waals surface area contributed by atoms with Crippen LogP contribution in [0.3, 0.4) is 0 Å². The summed E-state index contributed by atoms with van der Waals surface area (Å²) in [6.07, 6.45) is 5.65. The molecule has 0 unspecified atom stereocenters. The summed E-state index contributed by atoms with van der Waals surface area (Å²) >= 11 is 0. The minimum Gasteiger partial charge on any atom is -0.305 e. The maximum absolute atomic E-state index is 8.23. The van der Waals surface area contributed by atoms with Crippen LogP contribution in [0.5, 0.6) is 0 Å². The predicted octanol–water partition coefficient (Wildman–Crippen LogP) is 9.62. The van der Waals surface area contributed by atoms with Gasteiger partial charge in [-0.15, -0.1) is 0 Å². The van der Waals surface area contributed by atoms with Gasteiger partial charge in [0, 0.05) is 34.7 Å². The van der Waals surface area contributed by atoms with E-state index in [9.17, 15) is 0 Å². The molecule has 190 valence electrons. The van der Waals surface area contributed by atoms with Gasteiger partial charge in [0.05, 0.1) is 11.2 Å². The second kappa shape index (κ2) is 8.63. The van der Waals surface area contributed by atoms with Gasteiger partial charge < -0.3 is 4.85 Å². The molecule has 0 amide bonds. The van der Waals surface area contributed by atoms with E-state index in [1.807, 2.05) is 0 Å². The van der Waals surface area contributed by atoms with Crippen molar-refractivity contribution < 1.29 is 0 Å². The molecule has 1 saturated carbocycles. The first-order valence-electron chi connectivity index (χ1n) is 13.7. The summed E-state index contributed by atoms with van der Waals surface area (Å²) in [5.74, 6) is 0. The summed E-state index contributed by atoms with van der Waals surface area (Å²) < 4.78 is 0. The van der Waals surface area contributed by atoms with Gasteiger partial charge >= 0.3 is 0 Å². The smallest absolute Gasteiger partial charge is 0.258 e. The molecule has 6 rings (SSSR count). The van der Waals surface area contributed by atoms with Gasteiger partial charge in [-0.3, -0.25) is 0 Å². The quantitative estimate of drug-likeness (QED) is 0.179. The normalized spacial score (nSPS) is 17.1. The Morgan fingerprint density at radius 3 is 2.21 bits per heavy atom. The van der Waals surface area contributed by atoms with Crippen LogP contribution < -0.4 is 0 Å². The molecule has 1 aliphatic rings. The van der Waals surface area contributed by atoms with Crippen LogP contribution in [0.1, 0.15) is 71.4 Å². The van der Waals surface area contributed by atoms with Gasteiger partial charge in [-0.25, -0.2) is 16.5 Å². The van der Waals surface area contributed by atoms with E-state index in [4.69, 9.17) is 16.5 Å². The number of hydrogen-bond acceptors (Lipinski definition) is 2. The third-order valence-electron chi connectivity index (χ3n) is 8.75. The minimum atomic E-state index is -0.460. The Kier molecular flexibility index (Phi) is 5.58. The SMILES string of the molecule is [C-]#[N+]C1(c2cccc3c2ccc2c(-c4cc(C(C)(C)C)c5ccccc5c4)ncnc23)CCC(C)(C)CC1. The Labute approximate surface area is 225 Å². The average molecular weight is 498 g/mol. The van der Waals surface area contributed by atoms with Gasteiger partial charge in [-0.05, 0) is 63.6 Å². The van der Waals surface area contributed by atoms with E-state index in [2.05, 4.69) is 106 Å². The summed E-state index contributed by atoms with van der Waals surface area (Å²) in [6, 6.07) is 24.0. The van der Waals surface area contributed by atoms with E-state index in [1.54, 1.807) is 6.33 Å². The fourth-order valence-corrected chi connectivity index (χ4v) is 6.37. The molecule has 0 aliphatic heterocycles. The third-order valence-corrected chi connectivity index (χ3v) is 8.75. The van der Waals surface area contributed by atoms with Crippen molar-refractivity contribution in [2.45, 2.75) is 71.3 Å². The van der Waals surface area contributed by atoms with E-state index >= 15 is 0 Å². The van der Waals surface area contributed by atoms with Crippen molar-refractivity contribution >= 4 is 32.4 Å². The Hall–Kier alpha value is -3.77. The highest BCUT2D eigenvalue weighted by Gasteiger charge is 2.46. The Morgan fingerprint density at radius 2 is 1.47 bits per heavy atom. The van der Waals surface area contributed by atoms with Crippen LogP contribution in [0.15, 0.2) is 73.1 Å². The van der Waals surface area contributed by atoms with E-state index in [-0.39, 0.29) is 5.41 Å². The molecule has 38 heavy (non-hydrogen) atoms. The van der Waals surface area contributed by atoms with E-state index < -0.39 is 5.54 Å². The Balaban J connectivity index is 1.56. The molecule has 5 aromatic rings. The first kappa shape index (κ1) is 24.6. The summed E-state index contributed by atoms with van der Waals surface area (Å²) in [6.45, 7) is 19.7. The summed E-state index contributed by atoms with van der Waals surface area (Å²) in [7, 11) is 0. The number of aromatic nitrogens is 2. The van der Waals surface area contributed by atoms with Crippen molar-refractivity contribution in [2.24, 2.45) is 5.41 Å². The second-order valence-electron chi connectivity index (χ2n) is 12.9.